The van der Waals surface area contributed by atoms with E-state index in [2.05, 4.69) is 16.0 Å². The number of carbonyl (C=O) groups is 5. The molecule has 0 aromatic heterocycles. The van der Waals surface area contributed by atoms with Crippen molar-refractivity contribution in [2.24, 2.45) is 5.92 Å². The molecule has 3 atom stereocenters. The molecule has 2 fully saturated rings. The maximum absolute atomic E-state index is 13.8. The summed E-state index contributed by atoms with van der Waals surface area (Å²) < 4.78 is 5.21. The van der Waals surface area contributed by atoms with Gasteiger partial charge >= 0.3 is 12.1 Å². The Labute approximate surface area is 257 Å². The van der Waals surface area contributed by atoms with Crippen molar-refractivity contribution in [3.8, 4) is 0 Å². The van der Waals surface area contributed by atoms with Crippen LogP contribution in [-0.4, -0.2) is 63.9 Å². The van der Waals surface area contributed by atoms with Crippen LogP contribution in [0.3, 0.4) is 0 Å². The van der Waals surface area contributed by atoms with Gasteiger partial charge in [0.05, 0.1) is 0 Å². The zero-order chi connectivity index (χ0) is 31.8. The number of aryl methyl sites for hydroxylation is 1. The minimum atomic E-state index is -1.26. The number of amides is 6. The van der Waals surface area contributed by atoms with E-state index >= 15 is 0 Å². The van der Waals surface area contributed by atoms with Crippen LogP contribution in [0.4, 0.5) is 15.3 Å². The van der Waals surface area contributed by atoms with Gasteiger partial charge in [-0.2, -0.15) is 0 Å². The second-order valence-electron chi connectivity index (χ2n) is 13.0. The third-order valence-electron chi connectivity index (χ3n) is 8.51. The Balaban J connectivity index is 1.26. The van der Waals surface area contributed by atoms with E-state index in [9.17, 15) is 24.0 Å². The number of benzene rings is 2. The summed E-state index contributed by atoms with van der Waals surface area (Å²) in [6, 6.07) is 13.4. The molecule has 3 aliphatic rings. The molecule has 1 saturated carbocycles. The van der Waals surface area contributed by atoms with Crippen molar-refractivity contribution in [2.45, 2.75) is 90.1 Å². The van der Waals surface area contributed by atoms with Gasteiger partial charge in [0.25, 0.3) is 5.91 Å². The number of nitrogens with zero attached hydrogens (tertiary/aromatic N) is 2. The predicted octanol–water partition coefficient (Wildman–Crippen LogP) is 4.06. The van der Waals surface area contributed by atoms with Gasteiger partial charge in [0.15, 0.2) is 0 Å². The van der Waals surface area contributed by atoms with Gasteiger partial charge in [0.2, 0.25) is 11.8 Å². The van der Waals surface area contributed by atoms with Crippen LogP contribution in [-0.2, 0) is 37.6 Å². The number of carbonyl (C=O) groups excluding carboxylic acids is 5. The van der Waals surface area contributed by atoms with E-state index in [1.165, 1.54) is 0 Å². The number of fused-ring (bicyclic) bond motifs is 2. The van der Waals surface area contributed by atoms with E-state index in [1.807, 2.05) is 37.3 Å². The van der Waals surface area contributed by atoms with Gasteiger partial charge < -0.3 is 25.6 Å². The van der Waals surface area contributed by atoms with Crippen LogP contribution in [0, 0.1) is 5.92 Å². The molecule has 44 heavy (non-hydrogen) atoms. The molecule has 2 aromatic rings. The maximum atomic E-state index is 13.8. The van der Waals surface area contributed by atoms with Crippen molar-refractivity contribution in [3.05, 3.63) is 65.2 Å². The van der Waals surface area contributed by atoms with Crippen LogP contribution in [0.5, 0.6) is 0 Å². The average Bonchev–Trinajstić information content (AvgIpc) is 3.71. The second kappa shape index (κ2) is 11.9. The van der Waals surface area contributed by atoms with Gasteiger partial charge in [-0.3, -0.25) is 19.3 Å². The molecule has 2 aromatic carbocycles. The molecule has 11 heteroatoms. The molecular weight excluding hydrogens is 562 g/mol. The number of hydrogen-bond donors (Lipinski definition) is 3. The van der Waals surface area contributed by atoms with Gasteiger partial charge in [0.1, 0.15) is 23.7 Å². The summed E-state index contributed by atoms with van der Waals surface area (Å²) in [5.74, 6) is -0.719. The van der Waals surface area contributed by atoms with Crippen molar-refractivity contribution in [2.75, 3.05) is 11.9 Å². The smallest absolute Gasteiger partial charge is 0.408 e. The summed E-state index contributed by atoms with van der Waals surface area (Å²) in [7, 11) is 0. The summed E-state index contributed by atoms with van der Waals surface area (Å²) in [5.41, 5.74) is 1.000. The van der Waals surface area contributed by atoms with Crippen molar-refractivity contribution in [1.29, 1.82) is 0 Å². The number of imide groups is 1. The first-order valence-electron chi connectivity index (χ1n) is 15.2. The Morgan fingerprint density at radius 3 is 2.45 bits per heavy atom. The molecule has 0 unspecified atom stereocenters. The minimum absolute atomic E-state index is 0.000300. The van der Waals surface area contributed by atoms with Crippen LogP contribution in [0.25, 0.3) is 0 Å². The van der Waals surface area contributed by atoms with Crippen LogP contribution in [0.2, 0.25) is 0 Å². The first-order valence-corrected chi connectivity index (χ1v) is 15.2. The molecule has 5 rings (SSSR count). The summed E-state index contributed by atoms with van der Waals surface area (Å²) >= 11 is 0. The van der Waals surface area contributed by atoms with Crippen LogP contribution < -0.4 is 16.0 Å². The quantitative estimate of drug-likeness (QED) is 0.370. The van der Waals surface area contributed by atoms with E-state index in [-0.39, 0.29) is 18.5 Å². The zero-order valence-electron chi connectivity index (χ0n) is 25.9. The monoisotopic (exact) mass is 603 g/mol. The Hall–Kier alpha value is -4.41. The summed E-state index contributed by atoms with van der Waals surface area (Å²) in [6.07, 6.45) is 2.27. The molecule has 234 valence electrons. The third kappa shape index (κ3) is 6.56. The number of ether oxygens (including phenoxy) is 1. The van der Waals surface area contributed by atoms with Crippen molar-refractivity contribution < 1.29 is 28.7 Å². The highest BCUT2D eigenvalue weighted by molar-refractivity contribution is 6.10. The van der Waals surface area contributed by atoms with Crippen molar-refractivity contribution in [3.63, 3.8) is 0 Å². The Bertz CT molecular complexity index is 1470. The van der Waals surface area contributed by atoms with E-state index in [1.54, 1.807) is 50.8 Å². The van der Waals surface area contributed by atoms with Crippen molar-refractivity contribution in [1.82, 2.24) is 20.4 Å². The number of alkyl carbamates (subject to hydrolysis) is 1. The van der Waals surface area contributed by atoms with Gasteiger partial charge in [-0.1, -0.05) is 36.4 Å². The standard InChI is InChI=1S/C33H41N5O6/c1-20(34-31(43)44-32(3,4)5)28(40)35-25-13-14-26-24(17-25)15-16-33(26)29(41)38(30(42)36-33)19-27(39)37(21(2)23-11-12-23)18-22-9-7-6-8-10-22/h6-10,13-14,17,20-21,23H,11-12,15-16,18-19H2,1-5H3,(H,34,43)(H,35,40)(H,36,42)/t20-,21-,33-/m0/s1. The fraction of sp³-hybridized carbons (Fsp3) is 0.485. The number of hydrogen-bond acceptors (Lipinski definition) is 6. The summed E-state index contributed by atoms with van der Waals surface area (Å²) in [5, 5.41) is 8.18. The number of nitrogens with one attached hydrogen (secondary N) is 3. The molecule has 2 aliphatic carbocycles. The highest BCUT2D eigenvalue weighted by Gasteiger charge is 2.56. The average molecular weight is 604 g/mol. The highest BCUT2D eigenvalue weighted by atomic mass is 16.6. The molecule has 11 nitrogen and oxygen atoms in total. The summed E-state index contributed by atoms with van der Waals surface area (Å²) in [4.78, 5) is 68.3. The Kier molecular flexibility index (Phi) is 8.42. The number of urea groups is 1. The number of rotatable bonds is 9. The second-order valence-corrected chi connectivity index (χ2v) is 13.0. The number of anilines is 1. The SMILES string of the molecule is C[C@H](NC(=O)OC(C)(C)C)C(=O)Nc1ccc2c(c1)CC[C@]21NC(=O)N(CC(=O)N(Cc2ccccc2)[C@@H](C)C2CC2)C1=O. The fourth-order valence-corrected chi connectivity index (χ4v) is 5.97. The van der Waals surface area contributed by atoms with E-state index < -0.39 is 41.1 Å². The molecule has 1 saturated heterocycles. The maximum Gasteiger partial charge on any atom is 0.408 e. The van der Waals surface area contributed by atoms with Crippen molar-refractivity contribution >= 4 is 35.5 Å². The van der Waals surface area contributed by atoms with E-state index in [0.717, 1.165) is 28.9 Å². The van der Waals surface area contributed by atoms with Gasteiger partial charge in [-0.25, -0.2) is 9.59 Å². The van der Waals surface area contributed by atoms with Gasteiger partial charge in [0, 0.05) is 18.3 Å². The first-order chi connectivity index (χ1) is 20.8. The Morgan fingerprint density at radius 1 is 1.09 bits per heavy atom. The molecule has 1 aliphatic heterocycles. The molecule has 6 amide bonds. The normalized spacial score (nSPS) is 20.5. The third-order valence-corrected chi connectivity index (χ3v) is 8.51. The first kappa shape index (κ1) is 31.0. The predicted molar refractivity (Wildman–Crippen MR) is 163 cm³/mol. The zero-order valence-corrected chi connectivity index (χ0v) is 25.9. The molecule has 3 N–H and O–H groups in total. The molecule has 0 bridgehead atoms. The molecular formula is C33H41N5O6. The fourth-order valence-electron chi connectivity index (χ4n) is 5.97. The minimum Gasteiger partial charge on any atom is -0.444 e. The molecule has 1 spiro atoms. The van der Waals surface area contributed by atoms with Crippen LogP contribution in [0.1, 0.15) is 70.6 Å². The Morgan fingerprint density at radius 2 is 1.80 bits per heavy atom. The molecule has 0 radical (unpaired) electrons. The van der Waals surface area contributed by atoms with Crippen LogP contribution in [0.15, 0.2) is 48.5 Å². The van der Waals surface area contributed by atoms with Crippen LogP contribution >= 0.6 is 0 Å². The molecule has 1 heterocycles. The topological polar surface area (TPSA) is 137 Å². The lowest BCUT2D eigenvalue weighted by molar-refractivity contribution is -0.141. The van der Waals surface area contributed by atoms with E-state index in [0.29, 0.717) is 36.6 Å². The van der Waals surface area contributed by atoms with E-state index in [4.69, 9.17) is 4.74 Å². The summed E-state index contributed by atoms with van der Waals surface area (Å²) in [6.45, 7) is 8.87. The van der Waals surface area contributed by atoms with Gasteiger partial charge in [-0.05, 0) is 95.0 Å². The lowest BCUT2D eigenvalue weighted by Gasteiger charge is -2.31. The lowest BCUT2D eigenvalue weighted by atomic mass is 9.91. The van der Waals surface area contributed by atoms with Gasteiger partial charge in [-0.15, -0.1) is 0 Å². The highest BCUT2D eigenvalue weighted by Crippen LogP contribution is 2.42. The lowest BCUT2D eigenvalue weighted by Crippen LogP contribution is -2.47. The largest absolute Gasteiger partial charge is 0.444 e.